The summed E-state index contributed by atoms with van der Waals surface area (Å²) in [5.74, 6) is -0.839. The Morgan fingerprint density at radius 2 is 1.95 bits per heavy atom. The normalized spacial score (nSPS) is 16.7. The van der Waals surface area contributed by atoms with E-state index in [-0.39, 0.29) is 11.4 Å². The lowest BCUT2D eigenvalue weighted by Crippen LogP contribution is -2.51. The minimum atomic E-state index is -3.79. The number of hydrogen-bond donors (Lipinski definition) is 1. The quantitative estimate of drug-likeness (QED) is 0.906. The Hall–Kier alpha value is -2.15. The van der Waals surface area contributed by atoms with Gasteiger partial charge in [0.2, 0.25) is 15.9 Å². The van der Waals surface area contributed by atoms with E-state index in [2.05, 4.69) is 14.4 Å². The van der Waals surface area contributed by atoms with E-state index in [0.29, 0.717) is 12.8 Å². The van der Waals surface area contributed by atoms with Crippen molar-refractivity contribution in [1.29, 1.82) is 0 Å². The average molecular weight is 320 g/mol. The Bertz CT molecular complexity index is 750. The highest BCUT2D eigenvalue weighted by Crippen LogP contribution is 2.44. The molecule has 1 fully saturated rings. The molecule has 116 valence electrons. The van der Waals surface area contributed by atoms with Crippen molar-refractivity contribution < 1.29 is 17.7 Å². The molecule has 6 nitrogen and oxygen atoms in total. The molecule has 1 aliphatic carbocycles. The zero-order valence-corrected chi connectivity index (χ0v) is 12.7. The number of sulfonamides is 1. The Morgan fingerprint density at radius 3 is 2.50 bits per heavy atom. The Labute approximate surface area is 128 Å². The van der Waals surface area contributed by atoms with Gasteiger partial charge in [-0.2, -0.15) is 0 Å². The number of carbonyl (C=O) groups excluding carboxylic acids is 1. The molecule has 1 N–H and O–H groups in total. The fourth-order valence-corrected chi connectivity index (χ4v) is 3.80. The molecule has 0 saturated heterocycles. The number of aromatic nitrogens is 1. The van der Waals surface area contributed by atoms with Crippen LogP contribution in [0.2, 0.25) is 0 Å². The molecule has 1 aliphatic rings. The summed E-state index contributed by atoms with van der Waals surface area (Å²) in [6, 6.07) is 10.8. The SMILES string of the molecule is O=C(NS(=O)(=O)Cc1ccon1)C1(c2ccccc2)CCC1. The van der Waals surface area contributed by atoms with E-state index < -0.39 is 21.3 Å². The summed E-state index contributed by atoms with van der Waals surface area (Å²) in [5, 5.41) is 3.56. The van der Waals surface area contributed by atoms with E-state index in [1.807, 2.05) is 30.3 Å². The van der Waals surface area contributed by atoms with E-state index in [9.17, 15) is 13.2 Å². The van der Waals surface area contributed by atoms with Crippen LogP contribution in [0.4, 0.5) is 0 Å². The monoisotopic (exact) mass is 320 g/mol. The van der Waals surface area contributed by atoms with Crippen LogP contribution in [0.5, 0.6) is 0 Å². The van der Waals surface area contributed by atoms with Gasteiger partial charge in [0.05, 0.1) is 5.41 Å². The lowest BCUT2D eigenvalue weighted by molar-refractivity contribution is -0.128. The van der Waals surface area contributed by atoms with E-state index in [1.165, 1.54) is 12.3 Å². The van der Waals surface area contributed by atoms with Gasteiger partial charge in [-0.3, -0.25) is 9.52 Å². The fraction of sp³-hybridized carbons (Fsp3) is 0.333. The number of nitrogens with one attached hydrogen (secondary N) is 1. The first-order valence-corrected chi connectivity index (χ1v) is 8.67. The van der Waals surface area contributed by atoms with Gasteiger partial charge in [-0.05, 0) is 18.4 Å². The van der Waals surface area contributed by atoms with Gasteiger partial charge in [-0.25, -0.2) is 8.42 Å². The fourth-order valence-electron chi connectivity index (χ4n) is 2.72. The molecule has 2 aromatic rings. The zero-order valence-electron chi connectivity index (χ0n) is 11.9. The van der Waals surface area contributed by atoms with Gasteiger partial charge in [0.1, 0.15) is 17.7 Å². The highest BCUT2D eigenvalue weighted by atomic mass is 32.2. The van der Waals surface area contributed by atoms with Crippen molar-refractivity contribution in [2.24, 2.45) is 0 Å². The van der Waals surface area contributed by atoms with Crippen LogP contribution in [0.1, 0.15) is 30.5 Å². The second-order valence-corrected chi connectivity index (χ2v) is 7.21. The van der Waals surface area contributed by atoms with Crippen LogP contribution in [0.15, 0.2) is 47.2 Å². The molecular weight excluding hydrogens is 304 g/mol. The molecule has 0 spiro atoms. The van der Waals surface area contributed by atoms with E-state index in [0.717, 1.165) is 12.0 Å². The molecule has 0 aliphatic heterocycles. The van der Waals surface area contributed by atoms with Crippen LogP contribution in [-0.4, -0.2) is 19.5 Å². The smallest absolute Gasteiger partial charge is 0.244 e. The van der Waals surface area contributed by atoms with Crippen molar-refractivity contribution in [2.45, 2.75) is 30.4 Å². The Morgan fingerprint density at radius 1 is 1.23 bits per heavy atom. The summed E-state index contributed by atoms with van der Waals surface area (Å²) in [7, 11) is -3.79. The van der Waals surface area contributed by atoms with Crippen molar-refractivity contribution in [3.05, 3.63) is 53.9 Å². The summed E-state index contributed by atoms with van der Waals surface area (Å²) < 4.78 is 31.0. The van der Waals surface area contributed by atoms with Crippen LogP contribution in [0.25, 0.3) is 0 Å². The molecule has 0 bridgehead atoms. The van der Waals surface area contributed by atoms with Gasteiger partial charge >= 0.3 is 0 Å². The highest BCUT2D eigenvalue weighted by Gasteiger charge is 2.46. The average Bonchev–Trinajstić information content (AvgIpc) is 2.90. The molecule has 0 atom stereocenters. The van der Waals surface area contributed by atoms with Gasteiger partial charge in [0.25, 0.3) is 0 Å². The molecule has 0 radical (unpaired) electrons. The van der Waals surface area contributed by atoms with E-state index in [4.69, 9.17) is 0 Å². The summed E-state index contributed by atoms with van der Waals surface area (Å²) in [6.45, 7) is 0. The van der Waals surface area contributed by atoms with Crippen LogP contribution < -0.4 is 4.72 Å². The molecule has 1 saturated carbocycles. The van der Waals surface area contributed by atoms with Crippen LogP contribution in [-0.2, 0) is 26.0 Å². The van der Waals surface area contributed by atoms with E-state index >= 15 is 0 Å². The number of carbonyl (C=O) groups is 1. The van der Waals surface area contributed by atoms with Crippen molar-refractivity contribution >= 4 is 15.9 Å². The first-order chi connectivity index (χ1) is 10.5. The summed E-state index contributed by atoms with van der Waals surface area (Å²) in [5.41, 5.74) is 0.385. The third-order valence-electron chi connectivity index (χ3n) is 4.05. The topological polar surface area (TPSA) is 89.3 Å². The van der Waals surface area contributed by atoms with Crippen molar-refractivity contribution in [2.75, 3.05) is 0 Å². The van der Waals surface area contributed by atoms with Gasteiger partial charge in [0, 0.05) is 6.07 Å². The summed E-state index contributed by atoms with van der Waals surface area (Å²) in [4.78, 5) is 12.6. The molecule has 7 heteroatoms. The first-order valence-electron chi connectivity index (χ1n) is 7.02. The van der Waals surface area contributed by atoms with Crippen LogP contribution in [0, 0.1) is 0 Å². The lowest BCUT2D eigenvalue weighted by atomic mass is 9.64. The van der Waals surface area contributed by atoms with E-state index in [1.54, 1.807) is 0 Å². The number of rotatable bonds is 5. The predicted octanol–water partition coefficient (Wildman–Crippen LogP) is 1.74. The molecule has 1 amide bonds. The zero-order chi connectivity index (χ0) is 15.6. The van der Waals surface area contributed by atoms with Crippen molar-refractivity contribution in [3.63, 3.8) is 0 Å². The predicted molar refractivity (Wildman–Crippen MR) is 79.2 cm³/mol. The maximum absolute atomic E-state index is 12.6. The second kappa shape index (κ2) is 5.57. The molecule has 1 heterocycles. The minimum Gasteiger partial charge on any atom is -0.364 e. The molecule has 0 unspecified atom stereocenters. The number of amides is 1. The van der Waals surface area contributed by atoms with Crippen LogP contribution in [0.3, 0.4) is 0 Å². The molecule has 1 aromatic heterocycles. The van der Waals surface area contributed by atoms with Crippen LogP contribution >= 0.6 is 0 Å². The highest BCUT2D eigenvalue weighted by molar-refractivity contribution is 7.89. The standard InChI is InChI=1S/C15H16N2O4S/c18-14(17-22(19,20)11-13-7-10-21-16-13)15(8-4-9-15)12-5-2-1-3-6-12/h1-3,5-7,10H,4,8-9,11H2,(H,17,18). The summed E-state index contributed by atoms with van der Waals surface area (Å²) >= 11 is 0. The maximum atomic E-state index is 12.6. The van der Waals surface area contributed by atoms with Gasteiger partial charge in [0.15, 0.2) is 0 Å². The summed E-state index contributed by atoms with van der Waals surface area (Å²) in [6.07, 6.45) is 3.51. The Kier molecular flexibility index (Phi) is 3.74. The minimum absolute atomic E-state index is 0.266. The van der Waals surface area contributed by atoms with Crippen molar-refractivity contribution in [3.8, 4) is 0 Å². The molecule has 1 aromatic carbocycles. The number of benzene rings is 1. The third-order valence-corrected chi connectivity index (χ3v) is 5.22. The Balaban J connectivity index is 1.78. The van der Waals surface area contributed by atoms with Gasteiger partial charge < -0.3 is 4.52 Å². The van der Waals surface area contributed by atoms with Gasteiger partial charge in [-0.1, -0.05) is 41.9 Å². The third kappa shape index (κ3) is 2.76. The van der Waals surface area contributed by atoms with Gasteiger partial charge in [-0.15, -0.1) is 0 Å². The van der Waals surface area contributed by atoms with Crippen molar-refractivity contribution in [1.82, 2.24) is 9.88 Å². The maximum Gasteiger partial charge on any atom is 0.244 e. The largest absolute Gasteiger partial charge is 0.364 e. The number of hydrogen-bond acceptors (Lipinski definition) is 5. The molecule has 22 heavy (non-hydrogen) atoms. The number of nitrogens with zero attached hydrogens (tertiary/aromatic N) is 1. The molecule has 3 rings (SSSR count). The molecular formula is C15H16N2O4S. The second-order valence-electron chi connectivity index (χ2n) is 5.48. The first kappa shape index (κ1) is 14.8. The lowest BCUT2D eigenvalue weighted by Gasteiger charge is -2.40.